The van der Waals surface area contributed by atoms with Crippen LogP contribution < -0.4 is 26.6 Å². The molecule has 0 aliphatic carbocycles. The molecule has 4 atom stereocenters. The van der Waals surface area contributed by atoms with Gasteiger partial charge < -0.3 is 46.2 Å². The van der Waals surface area contributed by atoms with E-state index in [9.17, 15) is 38.7 Å². The summed E-state index contributed by atoms with van der Waals surface area (Å²) in [7, 11) is 1.60. The molecule has 2 heterocycles. The second-order valence-electron chi connectivity index (χ2n) is 20.2. The Bertz CT molecular complexity index is 1950. The molecule has 2 aliphatic heterocycles. The van der Waals surface area contributed by atoms with Crippen molar-refractivity contribution < 1.29 is 43.4 Å². The Labute approximate surface area is 390 Å². The summed E-state index contributed by atoms with van der Waals surface area (Å²) in [6.45, 7) is 16.7. The molecule has 0 bridgehead atoms. The first-order valence-corrected chi connectivity index (χ1v) is 23.2. The number of urea groups is 1. The van der Waals surface area contributed by atoms with E-state index in [4.69, 9.17) is 4.74 Å². The van der Waals surface area contributed by atoms with Crippen molar-refractivity contribution in [1.82, 2.24) is 41.3 Å². The summed E-state index contributed by atoms with van der Waals surface area (Å²) in [6.07, 6.45) is 1.21. The average molecular weight is 919 g/mol. The van der Waals surface area contributed by atoms with Crippen LogP contribution in [-0.4, -0.2) is 137 Å². The van der Waals surface area contributed by atoms with Gasteiger partial charge in [0.2, 0.25) is 23.6 Å². The molecule has 364 valence electrons. The number of carboxylic acid groups (broad SMARTS) is 1. The van der Waals surface area contributed by atoms with Gasteiger partial charge in [0.05, 0.1) is 0 Å². The highest BCUT2D eigenvalue weighted by atomic mass is 16.6. The quantitative estimate of drug-likeness (QED) is 0.103. The molecule has 2 aromatic carbocycles. The lowest BCUT2D eigenvalue weighted by Crippen LogP contribution is -2.66. The van der Waals surface area contributed by atoms with E-state index in [1.807, 2.05) is 62.4 Å². The van der Waals surface area contributed by atoms with Crippen LogP contribution in [0.1, 0.15) is 105 Å². The maximum absolute atomic E-state index is 14.5. The normalized spacial score (nSPS) is 16.5. The predicted molar refractivity (Wildman–Crippen MR) is 251 cm³/mol. The van der Waals surface area contributed by atoms with Crippen LogP contribution >= 0.6 is 0 Å². The fourth-order valence-corrected chi connectivity index (χ4v) is 8.63. The minimum atomic E-state index is -1.29. The van der Waals surface area contributed by atoms with Crippen molar-refractivity contribution >= 4 is 41.8 Å². The van der Waals surface area contributed by atoms with E-state index >= 15 is 0 Å². The Morgan fingerprint density at radius 1 is 0.727 bits per heavy atom. The van der Waals surface area contributed by atoms with E-state index < -0.39 is 65.2 Å². The Hall–Kier alpha value is -5.87. The van der Waals surface area contributed by atoms with Gasteiger partial charge >= 0.3 is 18.2 Å². The summed E-state index contributed by atoms with van der Waals surface area (Å²) in [5.41, 5.74) is -0.301. The summed E-state index contributed by atoms with van der Waals surface area (Å²) in [4.78, 5) is 99.5. The number of unbranched alkanes of at least 4 members (excludes halogenated alkanes) is 1. The van der Waals surface area contributed by atoms with Crippen LogP contribution in [0.2, 0.25) is 0 Å². The van der Waals surface area contributed by atoms with Crippen LogP contribution in [0, 0.1) is 11.3 Å². The third kappa shape index (κ3) is 15.9. The van der Waals surface area contributed by atoms with Gasteiger partial charge in [-0.3, -0.25) is 24.1 Å². The summed E-state index contributed by atoms with van der Waals surface area (Å²) in [5, 5.41) is 24.6. The topological polar surface area (TPSA) is 219 Å². The molecule has 0 saturated carbocycles. The molecule has 0 aromatic heterocycles. The number of benzene rings is 2. The van der Waals surface area contributed by atoms with E-state index in [0.29, 0.717) is 45.6 Å². The van der Waals surface area contributed by atoms with Gasteiger partial charge in [-0.05, 0) is 97.1 Å². The lowest BCUT2D eigenvalue weighted by Gasteiger charge is -2.54. The average Bonchev–Trinajstić information content (AvgIpc) is 3.23. The first kappa shape index (κ1) is 52.8. The zero-order valence-corrected chi connectivity index (χ0v) is 40.4. The second-order valence-corrected chi connectivity index (χ2v) is 20.2. The minimum absolute atomic E-state index is 0.0467. The highest BCUT2D eigenvalue weighted by Gasteiger charge is 2.48. The fraction of sp³-hybridized carbons (Fsp3) is 0.612. The first-order valence-electron chi connectivity index (χ1n) is 23.2. The summed E-state index contributed by atoms with van der Waals surface area (Å²) >= 11 is 0. The lowest BCUT2D eigenvalue weighted by molar-refractivity contribution is -0.150. The number of alkyl carbamates (subject to hydrolysis) is 1. The SMILES string of the molecule is CNC(=O)N1CCC2(CC1)CN(C(=O)[C@@H](CCCCNC(=O)OC(C)(C)C)NC(=O)[C@@H](CC(C)C)NC(=O)[C@@H](Cc1ccccc1)NC(=O)[C@@H](Cc1ccccc1)N(C(=O)O)C(C)(C)C)C2. The third-order valence-corrected chi connectivity index (χ3v) is 12.0. The monoisotopic (exact) mass is 919 g/mol. The number of nitrogens with one attached hydrogen (secondary N) is 5. The van der Waals surface area contributed by atoms with Gasteiger partial charge in [0.1, 0.15) is 29.8 Å². The molecular formula is C49H74N8O9. The van der Waals surface area contributed by atoms with Crippen molar-refractivity contribution in [2.24, 2.45) is 11.3 Å². The highest BCUT2D eigenvalue weighted by molar-refractivity contribution is 5.95. The zero-order chi connectivity index (χ0) is 48.8. The third-order valence-electron chi connectivity index (χ3n) is 12.0. The van der Waals surface area contributed by atoms with Crippen LogP contribution in [0.3, 0.4) is 0 Å². The van der Waals surface area contributed by atoms with Crippen molar-refractivity contribution in [3.8, 4) is 0 Å². The van der Waals surface area contributed by atoms with Crippen LogP contribution in [0.25, 0.3) is 0 Å². The molecule has 66 heavy (non-hydrogen) atoms. The molecule has 8 amide bonds. The number of nitrogens with zero attached hydrogens (tertiary/aromatic N) is 3. The maximum Gasteiger partial charge on any atom is 0.408 e. The number of hydrogen-bond donors (Lipinski definition) is 6. The van der Waals surface area contributed by atoms with Crippen molar-refractivity contribution in [1.29, 1.82) is 0 Å². The molecular weight excluding hydrogens is 845 g/mol. The molecule has 0 unspecified atom stereocenters. The number of ether oxygens (including phenoxy) is 1. The van der Waals surface area contributed by atoms with Gasteiger partial charge in [-0.25, -0.2) is 14.4 Å². The smallest absolute Gasteiger partial charge is 0.408 e. The number of carbonyl (C=O) groups excluding carboxylic acids is 6. The van der Waals surface area contributed by atoms with Crippen molar-refractivity contribution in [3.63, 3.8) is 0 Å². The second kappa shape index (κ2) is 23.5. The molecule has 17 heteroatoms. The molecule has 2 fully saturated rings. The minimum Gasteiger partial charge on any atom is -0.465 e. The fourth-order valence-electron chi connectivity index (χ4n) is 8.63. The molecule has 2 aliphatic rings. The van der Waals surface area contributed by atoms with Gasteiger partial charge in [-0.1, -0.05) is 74.5 Å². The largest absolute Gasteiger partial charge is 0.465 e. The highest BCUT2D eigenvalue weighted by Crippen LogP contribution is 2.41. The summed E-state index contributed by atoms with van der Waals surface area (Å²) in [6, 6.07) is 13.5. The van der Waals surface area contributed by atoms with Gasteiger partial charge in [-0.15, -0.1) is 0 Å². The zero-order valence-electron chi connectivity index (χ0n) is 40.4. The lowest BCUT2D eigenvalue weighted by atomic mass is 9.71. The number of hydrogen-bond acceptors (Lipinski definition) is 8. The molecule has 2 aromatic rings. The number of carbonyl (C=O) groups is 7. The molecule has 17 nitrogen and oxygen atoms in total. The summed E-state index contributed by atoms with van der Waals surface area (Å²) < 4.78 is 5.34. The number of likely N-dealkylation sites (tertiary alicyclic amines) is 2. The maximum atomic E-state index is 14.5. The van der Waals surface area contributed by atoms with Crippen LogP contribution in [-0.2, 0) is 36.8 Å². The number of amides is 8. The van der Waals surface area contributed by atoms with E-state index in [2.05, 4.69) is 26.6 Å². The Morgan fingerprint density at radius 2 is 1.26 bits per heavy atom. The number of rotatable bonds is 19. The molecule has 2 saturated heterocycles. The Kier molecular flexibility index (Phi) is 18.8. The predicted octanol–water partition coefficient (Wildman–Crippen LogP) is 5.08. The summed E-state index contributed by atoms with van der Waals surface area (Å²) in [5.74, 6) is -2.20. The Balaban J connectivity index is 1.55. The van der Waals surface area contributed by atoms with Gasteiger partial charge in [0.15, 0.2) is 0 Å². The molecule has 6 N–H and O–H groups in total. The Morgan fingerprint density at radius 3 is 1.77 bits per heavy atom. The van der Waals surface area contributed by atoms with Gasteiger partial charge in [0, 0.05) is 63.6 Å². The van der Waals surface area contributed by atoms with Crippen LogP contribution in [0.15, 0.2) is 60.7 Å². The van der Waals surface area contributed by atoms with E-state index in [0.717, 1.165) is 28.9 Å². The molecule has 0 radical (unpaired) electrons. The number of piperidine rings is 1. The van der Waals surface area contributed by atoms with Gasteiger partial charge in [-0.2, -0.15) is 0 Å². The van der Waals surface area contributed by atoms with Gasteiger partial charge in [0.25, 0.3) is 0 Å². The standard InChI is InChI=1S/C49H74N8O9/c1-33(2)28-37(53-41(59)38(29-34-18-12-10-13-19-34)54-42(60)39(30-35-20-14-11-15-21-35)57(46(64)65)47(3,4)5)40(58)52-36(22-16-17-25-51-45(63)66-48(6,7)8)43(61)56-31-49(32-56)23-26-55(27-24-49)44(62)50-9/h10-15,18-21,33,36-39H,16-17,22-32H2,1-9H3,(H,50,62)(H,51,63)(H,52,58)(H,53,59)(H,54,60)(H,64,65)/t36-,37-,38-,39-/m1/s1. The van der Waals surface area contributed by atoms with Crippen LogP contribution in [0.4, 0.5) is 14.4 Å². The van der Waals surface area contributed by atoms with E-state index in [1.165, 1.54) is 0 Å². The van der Waals surface area contributed by atoms with E-state index in [-0.39, 0.29) is 49.0 Å². The first-order chi connectivity index (χ1) is 31.0. The molecule has 4 rings (SSSR count). The van der Waals surface area contributed by atoms with E-state index in [1.54, 1.807) is 70.5 Å². The van der Waals surface area contributed by atoms with Crippen LogP contribution in [0.5, 0.6) is 0 Å². The van der Waals surface area contributed by atoms with Crippen molar-refractivity contribution in [3.05, 3.63) is 71.8 Å². The van der Waals surface area contributed by atoms with Crippen molar-refractivity contribution in [2.75, 3.05) is 39.8 Å². The molecule has 1 spiro atoms. The van der Waals surface area contributed by atoms with Crippen molar-refractivity contribution in [2.45, 2.75) is 142 Å².